The van der Waals surface area contributed by atoms with Gasteiger partial charge in [-0.25, -0.2) is 4.68 Å². The number of rotatable bonds is 2. The molecule has 1 aromatic rings. The zero-order chi connectivity index (χ0) is 8.27. The average molecular weight is 151 g/mol. The van der Waals surface area contributed by atoms with E-state index in [-0.39, 0.29) is 5.78 Å². The predicted octanol–water partition coefficient (Wildman–Crippen LogP) is 0.417. The molecule has 0 amide bonds. The zero-order valence-corrected chi connectivity index (χ0v) is 6.48. The Morgan fingerprint density at radius 3 is 2.91 bits per heavy atom. The second-order valence-electron chi connectivity index (χ2n) is 2.23. The summed E-state index contributed by atoms with van der Waals surface area (Å²) in [5.41, 5.74) is 0.820. The Kier molecular flexibility index (Phi) is 2.15. The van der Waals surface area contributed by atoms with Crippen molar-refractivity contribution in [2.24, 2.45) is 7.05 Å². The van der Waals surface area contributed by atoms with Crippen molar-refractivity contribution in [1.29, 1.82) is 0 Å². The fourth-order valence-corrected chi connectivity index (χ4v) is 0.651. The van der Waals surface area contributed by atoms with Crippen molar-refractivity contribution in [3.05, 3.63) is 18.0 Å². The Labute approximate surface area is 64.5 Å². The summed E-state index contributed by atoms with van der Waals surface area (Å²) < 4.78 is 1.60. The van der Waals surface area contributed by atoms with E-state index in [0.29, 0.717) is 0 Å². The molecule has 0 N–H and O–H groups in total. The Balaban J connectivity index is 2.79. The maximum absolute atomic E-state index is 10.5. The molecule has 0 fully saturated rings. The highest BCUT2D eigenvalue weighted by atomic mass is 16.1. The van der Waals surface area contributed by atoms with Crippen LogP contribution in [0.3, 0.4) is 0 Å². The van der Waals surface area contributed by atoms with Gasteiger partial charge in [-0.1, -0.05) is 5.21 Å². The lowest BCUT2D eigenvalue weighted by molar-refractivity contribution is -0.112. The highest BCUT2D eigenvalue weighted by molar-refractivity contribution is 5.91. The third-order valence-electron chi connectivity index (χ3n) is 1.24. The monoisotopic (exact) mass is 151 g/mol. The van der Waals surface area contributed by atoms with E-state index in [2.05, 4.69) is 10.3 Å². The molecule has 0 atom stereocenters. The molecule has 4 nitrogen and oxygen atoms in total. The molecule has 0 radical (unpaired) electrons. The summed E-state index contributed by atoms with van der Waals surface area (Å²) in [4.78, 5) is 10.5. The van der Waals surface area contributed by atoms with E-state index >= 15 is 0 Å². The predicted molar refractivity (Wildman–Crippen MR) is 40.7 cm³/mol. The van der Waals surface area contributed by atoms with Gasteiger partial charge in [0.15, 0.2) is 5.78 Å². The lowest BCUT2D eigenvalue weighted by Crippen LogP contribution is -1.93. The largest absolute Gasteiger partial charge is 0.295 e. The number of carbonyl (C=O) groups is 1. The van der Waals surface area contributed by atoms with Gasteiger partial charge in [0.05, 0.1) is 11.9 Å². The van der Waals surface area contributed by atoms with Crippen LogP contribution in [0, 0.1) is 0 Å². The second-order valence-corrected chi connectivity index (χ2v) is 2.23. The van der Waals surface area contributed by atoms with E-state index in [1.807, 2.05) is 0 Å². The molecule has 0 aliphatic heterocycles. The molecule has 1 aromatic heterocycles. The number of nitrogens with zero attached hydrogens (tertiary/aromatic N) is 3. The van der Waals surface area contributed by atoms with Crippen LogP contribution >= 0.6 is 0 Å². The standard InChI is InChI=1S/C7H9N3O/c1-6(11)3-4-7-5-8-9-10(7)2/h3-5H,1-2H3/b4-3+. The van der Waals surface area contributed by atoms with Crippen LogP contribution in [0.4, 0.5) is 0 Å². The fourth-order valence-electron chi connectivity index (χ4n) is 0.651. The molecule has 0 bridgehead atoms. The van der Waals surface area contributed by atoms with Gasteiger partial charge in [-0.05, 0) is 19.1 Å². The summed E-state index contributed by atoms with van der Waals surface area (Å²) >= 11 is 0. The van der Waals surface area contributed by atoms with Crippen molar-refractivity contribution in [2.45, 2.75) is 6.92 Å². The minimum Gasteiger partial charge on any atom is -0.295 e. The third kappa shape index (κ3) is 2.00. The number of carbonyl (C=O) groups excluding carboxylic acids is 1. The van der Waals surface area contributed by atoms with E-state index < -0.39 is 0 Å². The fraction of sp³-hybridized carbons (Fsp3) is 0.286. The number of ketones is 1. The smallest absolute Gasteiger partial charge is 0.152 e. The average Bonchev–Trinajstić information content (AvgIpc) is 2.31. The van der Waals surface area contributed by atoms with Crippen LogP contribution in [0.5, 0.6) is 0 Å². The molecule has 58 valence electrons. The summed E-state index contributed by atoms with van der Waals surface area (Å²) in [6, 6.07) is 0. The molecule has 1 heterocycles. The first kappa shape index (κ1) is 7.65. The minimum atomic E-state index is 0.0196. The normalized spacial score (nSPS) is 10.7. The highest BCUT2D eigenvalue weighted by Crippen LogP contribution is 1.95. The van der Waals surface area contributed by atoms with Crippen LogP contribution in [0.2, 0.25) is 0 Å². The molecule has 0 saturated carbocycles. The summed E-state index contributed by atoms with van der Waals surface area (Å²) in [6.07, 6.45) is 4.76. The molecule has 0 saturated heterocycles. The van der Waals surface area contributed by atoms with E-state index in [4.69, 9.17) is 0 Å². The SMILES string of the molecule is CC(=O)/C=C/c1cnnn1C. The number of hydrogen-bond donors (Lipinski definition) is 0. The molecule has 0 spiro atoms. The lowest BCUT2D eigenvalue weighted by atomic mass is 10.3. The van der Waals surface area contributed by atoms with Crippen molar-refractivity contribution in [2.75, 3.05) is 0 Å². The quantitative estimate of drug-likeness (QED) is 0.575. The lowest BCUT2D eigenvalue weighted by Gasteiger charge is -1.88. The highest BCUT2D eigenvalue weighted by Gasteiger charge is 1.92. The number of hydrogen-bond acceptors (Lipinski definition) is 3. The number of aromatic nitrogens is 3. The van der Waals surface area contributed by atoms with Crippen molar-refractivity contribution in [3.63, 3.8) is 0 Å². The summed E-state index contributed by atoms with van der Waals surface area (Å²) in [7, 11) is 1.77. The first-order valence-corrected chi connectivity index (χ1v) is 3.23. The van der Waals surface area contributed by atoms with Gasteiger partial charge in [-0.2, -0.15) is 0 Å². The first-order chi connectivity index (χ1) is 5.20. The van der Waals surface area contributed by atoms with Crippen LogP contribution in [0.25, 0.3) is 6.08 Å². The molecular formula is C7H9N3O. The third-order valence-corrected chi connectivity index (χ3v) is 1.24. The second kappa shape index (κ2) is 3.09. The molecule has 0 aliphatic carbocycles. The molecule has 0 unspecified atom stereocenters. The van der Waals surface area contributed by atoms with E-state index in [1.165, 1.54) is 13.0 Å². The van der Waals surface area contributed by atoms with Gasteiger partial charge < -0.3 is 0 Å². The van der Waals surface area contributed by atoms with E-state index in [0.717, 1.165) is 5.69 Å². The Morgan fingerprint density at radius 1 is 1.73 bits per heavy atom. The zero-order valence-electron chi connectivity index (χ0n) is 6.48. The molecule has 4 heteroatoms. The summed E-state index contributed by atoms with van der Waals surface area (Å²) in [6.45, 7) is 1.50. The van der Waals surface area contributed by atoms with Gasteiger partial charge in [0.25, 0.3) is 0 Å². The first-order valence-electron chi connectivity index (χ1n) is 3.23. The summed E-state index contributed by atoms with van der Waals surface area (Å²) in [5.74, 6) is 0.0196. The van der Waals surface area contributed by atoms with Gasteiger partial charge in [-0.15, -0.1) is 5.10 Å². The molecule has 0 aromatic carbocycles. The Morgan fingerprint density at radius 2 is 2.45 bits per heavy atom. The Hall–Kier alpha value is -1.45. The van der Waals surface area contributed by atoms with Crippen molar-refractivity contribution in [3.8, 4) is 0 Å². The summed E-state index contributed by atoms with van der Waals surface area (Å²) in [5, 5.41) is 7.35. The van der Waals surface area contributed by atoms with Crippen LogP contribution in [0.1, 0.15) is 12.6 Å². The topological polar surface area (TPSA) is 47.8 Å². The number of aryl methyl sites for hydroxylation is 1. The molecule has 1 rings (SSSR count). The molecule has 11 heavy (non-hydrogen) atoms. The van der Waals surface area contributed by atoms with Crippen molar-refractivity contribution < 1.29 is 4.79 Å². The van der Waals surface area contributed by atoms with Gasteiger partial charge in [-0.3, -0.25) is 4.79 Å². The van der Waals surface area contributed by atoms with Gasteiger partial charge in [0.2, 0.25) is 0 Å². The van der Waals surface area contributed by atoms with Crippen molar-refractivity contribution >= 4 is 11.9 Å². The van der Waals surface area contributed by atoms with Crippen molar-refractivity contribution in [1.82, 2.24) is 15.0 Å². The van der Waals surface area contributed by atoms with E-state index in [9.17, 15) is 4.79 Å². The van der Waals surface area contributed by atoms with E-state index in [1.54, 1.807) is 24.0 Å². The van der Waals surface area contributed by atoms with Crippen LogP contribution in [-0.2, 0) is 11.8 Å². The van der Waals surface area contributed by atoms with Crippen LogP contribution in [-0.4, -0.2) is 20.8 Å². The molecule has 0 aliphatic rings. The van der Waals surface area contributed by atoms with Gasteiger partial charge in [0.1, 0.15) is 0 Å². The molecular weight excluding hydrogens is 142 g/mol. The van der Waals surface area contributed by atoms with Crippen LogP contribution in [0.15, 0.2) is 12.3 Å². The minimum absolute atomic E-state index is 0.0196. The maximum Gasteiger partial charge on any atom is 0.152 e. The van der Waals surface area contributed by atoms with Gasteiger partial charge >= 0.3 is 0 Å². The maximum atomic E-state index is 10.5. The Bertz CT molecular complexity index is 288. The van der Waals surface area contributed by atoms with Crippen LogP contribution < -0.4 is 0 Å². The van der Waals surface area contributed by atoms with Gasteiger partial charge in [0, 0.05) is 7.05 Å². The number of allylic oxidation sites excluding steroid dienone is 1.